The molecule has 1 aliphatic rings. The van der Waals surface area contributed by atoms with Crippen LogP contribution in [0.25, 0.3) is 0 Å². The minimum atomic E-state index is -0.241. The lowest BCUT2D eigenvalue weighted by Crippen LogP contribution is -2.39. The van der Waals surface area contributed by atoms with Crippen LogP contribution in [0.2, 0.25) is 0 Å². The van der Waals surface area contributed by atoms with Crippen molar-refractivity contribution in [3.63, 3.8) is 0 Å². The van der Waals surface area contributed by atoms with Crippen LogP contribution in [0.1, 0.15) is 62.3 Å². The van der Waals surface area contributed by atoms with Crippen molar-refractivity contribution in [2.24, 2.45) is 5.92 Å². The molecule has 1 aromatic carbocycles. The summed E-state index contributed by atoms with van der Waals surface area (Å²) in [6.07, 6.45) is 3.87. The smallest absolute Gasteiger partial charge is 0.251 e. The van der Waals surface area contributed by atoms with Crippen molar-refractivity contribution in [2.75, 3.05) is 6.54 Å². The maximum Gasteiger partial charge on any atom is 0.251 e. The molecule has 150 valence electrons. The first-order valence-corrected chi connectivity index (χ1v) is 9.98. The van der Waals surface area contributed by atoms with Crippen LogP contribution in [0, 0.1) is 5.92 Å². The van der Waals surface area contributed by atoms with Gasteiger partial charge in [-0.15, -0.1) is 10.2 Å². The van der Waals surface area contributed by atoms with Crippen molar-refractivity contribution in [1.82, 2.24) is 25.0 Å². The molecule has 2 heterocycles. The fourth-order valence-corrected chi connectivity index (χ4v) is 3.72. The van der Waals surface area contributed by atoms with E-state index in [0.717, 1.165) is 31.8 Å². The van der Waals surface area contributed by atoms with Crippen molar-refractivity contribution in [3.8, 4) is 0 Å². The van der Waals surface area contributed by atoms with Gasteiger partial charge in [0.1, 0.15) is 6.33 Å². The number of nitrogens with zero attached hydrogens (tertiary/aromatic N) is 4. The first kappa shape index (κ1) is 20.0. The summed E-state index contributed by atoms with van der Waals surface area (Å²) in [6.45, 7) is 7.73. The summed E-state index contributed by atoms with van der Waals surface area (Å²) in [5, 5.41) is 11.3. The Morgan fingerprint density at radius 1 is 1.21 bits per heavy atom. The number of aromatic nitrogens is 3. The van der Waals surface area contributed by atoms with Gasteiger partial charge in [0.05, 0.1) is 6.04 Å². The van der Waals surface area contributed by atoms with Crippen molar-refractivity contribution >= 4 is 11.8 Å². The summed E-state index contributed by atoms with van der Waals surface area (Å²) in [7, 11) is 0. The maximum absolute atomic E-state index is 12.9. The third-order valence-corrected chi connectivity index (χ3v) is 4.97. The van der Waals surface area contributed by atoms with Gasteiger partial charge in [-0.25, -0.2) is 0 Å². The molecule has 0 spiro atoms. The predicted molar refractivity (Wildman–Crippen MR) is 107 cm³/mol. The highest BCUT2D eigenvalue weighted by atomic mass is 16.2. The standard InChI is InChI=1S/C21H29N5O2/c1-15(2)13-25-14-22-24-20(25)18-10-7-11-26(18)19(27)12-16(3)23-21(28)17-8-5-4-6-9-17/h4-6,8-9,14-16,18H,7,10-13H2,1-3H3,(H,23,28). The van der Waals surface area contributed by atoms with E-state index in [2.05, 4.69) is 33.9 Å². The SMILES string of the molecule is CC(C)Cn1cnnc1C1CCCN1C(=O)CC(C)NC(=O)c1ccccc1. The number of rotatable bonds is 7. The fourth-order valence-electron chi connectivity index (χ4n) is 3.72. The summed E-state index contributed by atoms with van der Waals surface area (Å²) in [6, 6.07) is 8.78. The number of carbonyl (C=O) groups excluding carboxylic acids is 2. The van der Waals surface area contributed by atoms with E-state index in [1.807, 2.05) is 30.0 Å². The van der Waals surface area contributed by atoms with Crippen LogP contribution in [-0.4, -0.2) is 44.1 Å². The van der Waals surface area contributed by atoms with E-state index in [-0.39, 0.29) is 30.3 Å². The monoisotopic (exact) mass is 383 g/mol. The summed E-state index contributed by atoms with van der Waals surface area (Å²) in [4.78, 5) is 27.1. The van der Waals surface area contributed by atoms with Gasteiger partial charge in [-0.05, 0) is 37.8 Å². The molecule has 3 rings (SSSR count). The highest BCUT2D eigenvalue weighted by Gasteiger charge is 2.33. The number of amides is 2. The van der Waals surface area contributed by atoms with E-state index >= 15 is 0 Å². The first-order chi connectivity index (χ1) is 13.5. The van der Waals surface area contributed by atoms with E-state index < -0.39 is 0 Å². The Kier molecular flexibility index (Phi) is 6.44. The molecule has 1 N–H and O–H groups in total. The minimum absolute atomic E-state index is 0.0363. The molecule has 2 atom stereocenters. The van der Waals surface area contributed by atoms with Crippen LogP contribution in [0.3, 0.4) is 0 Å². The second kappa shape index (κ2) is 8.99. The molecule has 1 fully saturated rings. The summed E-state index contributed by atoms with van der Waals surface area (Å²) in [5.41, 5.74) is 0.600. The van der Waals surface area contributed by atoms with Crippen LogP contribution in [0.4, 0.5) is 0 Å². The molecule has 7 nitrogen and oxygen atoms in total. The third kappa shape index (κ3) is 4.77. The van der Waals surface area contributed by atoms with Crippen LogP contribution < -0.4 is 5.32 Å². The molecule has 0 bridgehead atoms. The minimum Gasteiger partial charge on any atom is -0.349 e. The molecule has 28 heavy (non-hydrogen) atoms. The Bertz CT molecular complexity index is 802. The number of nitrogens with one attached hydrogen (secondary N) is 1. The van der Waals surface area contributed by atoms with Gasteiger partial charge >= 0.3 is 0 Å². The van der Waals surface area contributed by atoms with Crippen molar-refractivity contribution < 1.29 is 9.59 Å². The number of likely N-dealkylation sites (tertiary alicyclic amines) is 1. The molecule has 1 saturated heterocycles. The van der Waals surface area contributed by atoms with Gasteiger partial charge in [-0.2, -0.15) is 0 Å². The topological polar surface area (TPSA) is 80.1 Å². The van der Waals surface area contributed by atoms with Crippen molar-refractivity contribution in [3.05, 3.63) is 48.0 Å². The second-order valence-corrected chi connectivity index (χ2v) is 7.93. The summed E-state index contributed by atoms with van der Waals surface area (Å²) < 4.78 is 2.06. The second-order valence-electron chi connectivity index (χ2n) is 7.93. The van der Waals surface area contributed by atoms with Gasteiger partial charge in [-0.1, -0.05) is 32.0 Å². The highest BCUT2D eigenvalue weighted by molar-refractivity contribution is 5.94. The quantitative estimate of drug-likeness (QED) is 0.797. The molecule has 2 amide bonds. The molecule has 7 heteroatoms. The van der Waals surface area contributed by atoms with Gasteiger partial charge in [-0.3, -0.25) is 9.59 Å². The Hall–Kier alpha value is -2.70. The van der Waals surface area contributed by atoms with Crippen LogP contribution in [0.15, 0.2) is 36.7 Å². The van der Waals surface area contributed by atoms with E-state index in [4.69, 9.17) is 0 Å². The first-order valence-electron chi connectivity index (χ1n) is 9.98. The summed E-state index contributed by atoms with van der Waals surface area (Å²) >= 11 is 0. The lowest BCUT2D eigenvalue weighted by Gasteiger charge is -2.26. The maximum atomic E-state index is 12.9. The van der Waals surface area contributed by atoms with Crippen molar-refractivity contribution in [1.29, 1.82) is 0 Å². The summed E-state index contributed by atoms with van der Waals surface area (Å²) in [5.74, 6) is 1.23. The lowest BCUT2D eigenvalue weighted by atomic mass is 10.1. The zero-order valence-electron chi connectivity index (χ0n) is 16.8. The van der Waals surface area contributed by atoms with Gasteiger partial charge in [0.2, 0.25) is 5.91 Å². The van der Waals surface area contributed by atoms with E-state index in [9.17, 15) is 9.59 Å². The Balaban J connectivity index is 1.62. The molecular weight excluding hydrogens is 354 g/mol. The van der Waals surface area contributed by atoms with Gasteiger partial charge in [0.25, 0.3) is 5.91 Å². The molecule has 2 unspecified atom stereocenters. The third-order valence-electron chi connectivity index (χ3n) is 4.97. The van der Waals surface area contributed by atoms with Crippen LogP contribution >= 0.6 is 0 Å². The Labute approximate surface area is 166 Å². The van der Waals surface area contributed by atoms with E-state index in [0.29, 0.717) is 11.5 Å². The van der Waals surface area contributed by atoms with Gasteiger partial charge in [0.15, 0.2) is 5.82 Å². The lowest BCUT2D eigenvalue weighted by molar-refractivity contribution is -0.132. The fraction of sp³-hybridized carbons (Fsp3) is 0.524. The molecule has 1 aliphatic heterocycles. The number of carbonyl (C=O) groups is 2. The number of hydrogen-bond acceptors (Lipinski definition) is 4. The molecule has 1 aromatic heterocycles. The Morgan fingerprint density at radius 3 is 2.68 bits per heavy atom. The van der Waals surface area contributed by atoms with Gasteiger partial charge < -0.3 is 14.8 Å². The molecule has 2 aromatic rings. The van der Waals surface area contributed by atoms with E-state index in [1.165, 1.54) is 0 Å². The molecular formula is C21H29N5O2. The average Bonchev–Trinajstić information content (AvgIpc) is 3.30. The van der Waals surface area contributed by atoms with Crippen LogP contribution in [-0.2, 0) is 11.3 Å². The average molecular weight is 383 g/mol. The van der Waals surface area contributed by atoms with Crippen LogP contribution in [0.5, 0.6) is 0 Å². The van der Waals surface area contributed by atoms with Gasteiger partial charge in [0, 0.05) is 31.1 Å². The molecule has 0 aliphatic carbocycles. The zero-order valence-corrected chi connectivity index (χ0v) is 16.8. The molecule has 0 radical (unpaired) electrons. The number of hydrogen-bond donors (Lipinski definition) is 1. The predicted octanol–water partition coefficient (Wildman–Crippen LogP) is 2.81. The molecule has 0 saturated carbocycles. The number of benzene rings is 1. The zero-order chi connectivity index (χ0) is 20.1. The normalized spacial score (nSPS) is 17.7. The Morgan fingerprint density at radius 2 is 1.96 bits per heavy atom. The largest absolute Gasteiger partial charge is 0.349 e. The van der Waals surface area contributed by atoms with Crippen molar-refractivity contribution in [2.45, 2.75) is 58.7 Å². The van der Waals surface area contributed by atoms with E-state index in [1.54, 1.807) is 18.5 Å². The highest BCUT2D eigenvalue weighted by Crippen LogP contribution is 2.31.